The number of nitrogens with one attached hydrogen (secondary N) is 1. The molecule has 1 aliphatic heterocycles. The first-order chi connectivity index (χ1) is 14.7. The zero-order valence-corrected chi connectivity index (χ0v) is 17.6. The number of imidazole rings is 1. The van der Waals surface area contributed by atoms with E-state index < -0.39 is 0 Å². The average molecular weight is 439 g/mol. The number of fused-ring (bicyclic) bond motifs is 1. The van der Waals surface area contributed by atoms with Crippen molar-refractivity contribution < 1.29 is 4.74 Å². The molecule has 0 unspecified atom stereocenters. The minimum atomic E-state index is -0.152. The average Bonchev–Trinajstić information content (AvgIpc) is 3.09. The lowest BCUT2D eigenvalue weighted by Gasteiger charge is -2.23. The Bertz CT molecular complexity index is 1230. The summed E-state index contributed by atoms with van der Waals surface area (Å²) < 4.78 is 9.22. The Balaban J connectivity index is 0.00000231. The highest BCUT2D eigenvalue weighted by molar-refractivity contribution is 5.85. The van der Waals surface area contributed by atoms with Gasteiger partial charge in [0.15, 0.2) is 11.5 Å². The van der Waals surface area contributed by atoms with Gasteiger partial charge in [-0.15, -0.1) is 12.4 Å². The van der Waals surface area contributed by atoms with Crippen molar-refractivity contribution in [2.45, 2.75) is 18.9 Å². The van der Waals surface area contributed by atoms with Gasteiger partial charge in [0.05, 0.1) is 5.69 Å². The van der Waals surface area contributed by atoms with Gasteiger partial charge in [-0.3, -0.25) is 9.13 Å². The van der Waals surface area contributed by atoms with E-state index in [1.807, 2.05) is 54.6 Å². The minimum absolute atomic E-state index is 0. The van der Waals surface area contributed by atoms with Gasteiger partial charge < -0.3 is 15.8 Å². The van der Waals surface area contributed by atoms with Crippen molar-refractivity contribution in [2.75, 3.05) is 18.8 Å². The number of ether oxygens (including phenoxy) is 1. The highest BCUT2D eigenvalue weighted by Gasteiger charge is 2.25. The maximum Gasteiger partial charge on any atom is 0.335 e. The molecule has 0 atom stereocenters. The summed E-state index contributed by atoms with van der Waals surface area (Å²) in [5.41, 5.74) is 7.83. The lowest BCUT2D eigenvalue weighted by molar-refractivity contribution is 0.366. The van der Waals surface area contributed by atoms with Crippen molar-refractivity contribution >= 4 is 29.4 Å². The van der Waals surface area contributed by atoms with Crippen LogP contribution in [0.4, 0.5) is 5.82 Å². The normalized spacial score (nSPS) is 14.3. The maximum atomic E-state index is 13.5. The van der Waals surface area contributed by atoms with E-state index in [2.05, 4.69) is 15.3 Å². The molecule has 1 fully saturated rings. The van der Waals surface area contributed by atoms with Crippen molar-refractivity contribution in [3.05, 3.63) is 71.4 Å². The first kappa shape index (κ1) is 20.9. The van der Waals surface area contributed by atoms with Gasteiger partial charge in [0.1, 0.15) is 23.3 Å². The van der Waals surface area contributed by atoms with Crippen LogP contribution in [-0.2, 0) is 0 Å². The van der Waals surface area contributed by atoms with E-state index in [4.69, 9.17) is 10.5 Å². The number of para-hydroxylation sites is 1. The SMILES string of the molecule is Cl.Nc1ncnc2c1n(-c1ccc(Oc3ccccc3)cc1)c(=O)n2C1CCNCC1. The molecule has 5 rings (SSSR count). The van der Waals surface area contributed by atoms with Crippen LogP contribution >= 0.6 is 12.4 Å². The Labute approximate surface area is 185 Å². The first-order valence-electron chi connectivity index (χ1n) is 10.00. The number of hydrogen-bond donors (Lipinski definition) is 2. The fourth-order valence-electron chi connectivity index (χ4n) is 3.99. The van der Waals surface area contributed by atoms with Gasteiger partial charge >= 0.3 is 5.69 Å². The minimum Gasteiger partial charge on any atom is -0.457 e. The van der Waals surface area contributed by atoms with Gasteiger partial charge in [-0.1, -0.05) is 18.2 Å². The van der Waals surface area contributed by atoms with Gasteiger partial charge in [-0.2, -0.15) is 0 Å². The summed E-state index contributed by atoms with van der Waals surface area (Å²) in [5, 5.41) is 3.33. The molecule has 160 valence electrons. The Hall–Kier alpha value is -3.36. The first-order valence-corrected chi connectivity index (χ1v) is 10.00. The molecule has 0 saturated carbocycles. The van der Waals surface area contributed by atoms with E-state index in [1.165, 1.54) is 6.33 Å². The van der Waals surface area contributed by atoms with Crippen LogP contribution < -0.4 is 21.5 Å². The summed E-state index contributed by atoms with van der Waals surface area (Å²) in [4.78, 5) is 22.0. The molecule has 1 aliphatic rings. The van der Waals surface area contributed by atoms with E-state index in [0.717, 1.165) is 31.7 Å². The largest absolute Gasteiger partial charge is 0.457 e. The van der Waals surface area contributed by atoms with Crippen molar-refractivity contribution in [1.82, 2.24) is 24.4 Å². The van der Waals surface area contributed by atoms with Crippen LogP contribution in [0.25, 0.3) is 16.9 Å². The molecular weight excluding hydrogens is 416 g/mol. The fourth-order valence-corrected chi connectivity index (χ4v) is 3.99. The van der Waals surface area contributed by atoms with Crippen molar-refractivity contribution in [3.63, 3.8) is 0 Å². The molecule has 1 saturated heterocycles. The van der Waals surface area contributed by atoms with Crippen LogP contribution in [0.5, 0.6) is 11.5 Å². The predicted octanol–water partition coefficient (Wildman–Crippen LogP) is 3.30. The Morgan fingerprint density at radius 1 is 0.968 bits per heavy atom. The standard InChI is InChI=1S/C22H22N6O2.ClH/c23-20-19-21(26-14-25-20)28(16-10-12-24-13-11-16)22(29)27(19)15-6-8-18(9-7-15)30-17-4-2-1-3-5-17;/h1-9,14,16,24H,10-13H2,(H2,23,25,26);1H. The summed E-state index contributed by atoms with van der Waals surface area (Å²) in [6.07, 6.45) is 3.15. The number of piperidine rings is 1. The number of rotatable bonds is 4. The van der Waals surface area contributed by atoms with Gasteiger partial charge in [0.2, 0.25) is 0 Å². The van der Waals surface area contributed by atoms with Crippen molar-refractivity contribution in [2.24, 2.45) is 0 Å². The highest BCUT2D eigenvalue weighted by Crippen LogP contribution is 2.27. The summed E-state index contributed by atoms with van der Waals surface area (Å²) in [7, 11) is 0. The van der Waals surface area contributed by atoms with E-state index in [1.54, 1.807) is 9.13 Å². The smallest absolute Gasteiger partial charge is 0.335 e. The van der Waals surface area contributed by atoms with Crippen LogP contribution in [0, 0.1) is 0 Å². The van der Waals surface area contributed by atoms with Gasteiger partial charge in [-0.05, 0) is 62.3 Å². The number of nitrogens with two attached hydrogens (primary N) is 1. The zero-order valence-electron chi connectivity index (χ0n) is 16.8. The highest BCUT2D eigenvalue weighted by atomic mass is 35.5. The second kappa shape index (κ2) is 8.79. The third kappa shape index (κ3) is 3.87. The van der Waals surface area contributed by atoms with E-state index in [9.17, 15) is 4.79 Å². The predicted molar refractivity (Wildman–Crippen MR) is 122 cm³/mol. The molecule has 2 aromatic carbocycles. The summed E-state index contributed by atoms with van der Waals surface area (Å²) in [6.45, 7) is 1.74. The summed E-state index contributed by atoms with van der Waals surface area (Å²) >= 11 is 0. The Kier molecular flexibility index (Phi) is 5.92. The van der Waals surface area contributed by atoms with Gasteiger partial charge in [0, 0.05) is 6.04 Å². The lowest BCUT2D eigenvalue weighted by atomic mass is 10.1. The van der Waals surface area contributed by atoms with Crippen LogP contribution in [0.2, 0.25) is 0 Å². The maximum absolute atomic E-state index is 13.5. The van der Waals surface area contributed by atoms with E-state index in [-0.39, 0.29) is 30.0 Å². The molecule has 2 aromatic heterocycles. The molecule has 31 heavy (non-hydrogen) atoms. The van der Waals surface area contributed by atoms with Crippen molar-refractivity contribution in [1.29, 1.82) is 0 Å². The number of benzene rings is 2. The van der Waals surface area contributed by atoms with Crippen LogP contribution in [0.15, 0.2) is 65.7 Å². The van der Waals surface area contributed by atoms with Crippen LogP contribution in [0.1, 0.15) is 18.9 Å². The summed E-state index contributed by atoms with van der Waals surface area (Å²) in [6, 6.07) is 17.0. The molecule has 0 bridgehead atoms. The second-order valence-corrected chi connectivity index (χ2v) is 7.31. The quantitative estimate of drug-likeness (QED) is 0.507. The number of nitrogen functional groups attached to an aromatic ring is 1. The Morgan fingerprint density at radius 3 is 2.35 bits per heavy atom. The third-order valence-corrected chi connectivity index (χ3v) is 5.43. The second-order valence-electron chi connectivity index (χ2n) is 7.31. The molecule has 0 amide bonds. The van der Waals surface area contributed by atoms with Crippen LogP contribution in [-0.4, -0.2) is 32.2 Å². The molecule has 0 radical (unpaired) electrons. The molecule has 9 heteroatoms. The zero-order chi connectivity index (χ0) is 20.5. The molecule has 0 aliphatic carbocycles. The molecule has 3 heterocycles. The van der Waals surface area contributed by atoms with Gasteiger partial charge in [-0.25, -0.2) is 14.8 Å². The number of nitrogens with zero attached hydrogens (tertiary/aromatic N) is 4. The molecule has 0 spiro atoms. The van der Waals surface area contributed by atoms with Gasteiger partial charge in [0.25, 0.3) is 0 Å². The number of halogens is 1. The third-order valence-electron chi connectivity index (χ3n) is 5.43. The van der Waals surface area contributed by atoms with E-state index in [0.29, 0.717) is 22.6 Å². The molecule has 4 aromatic rings. The number of aromatic nitrogens is 4. The van der Waals surface area contributed by atoms with E-state index >= 15 is 0 Å². The Morgan fingerprint density at radius 2 is 1.65 bits per heavy atom. The fraction of sp³-hybridized carbons (Fsp3) is 0.227. The lowest BCUT2D eigenvalue weighted by Crippen LogP contribution is -2.34. The monoisotopic (exact) mass is 438 g/mol. The summed E-state index contributed by atoms with van der Waals surface area (Å²) in [5.74, 6) is 1.72. The molecular formula is C22H23ClN6O2. The number of anilines is 1. The van der Waals surface area contributed by atoms with Crippen molar-refractivity contribution in [3.8, 4) is 17.2 Å². The molecule has 8 nitrogen and oxygen atoms in total. The molecule has 3 N–H and O–H groups in total. The number of hydrogen-bond acceptors (Lipinski definition) is 6. The van der Waals surface area contributed by atoms with Crippen LogP contribution in [0.3, 0.4) is 0 Å². The topological polar surface area (TPSA) is 100.0 Å².